The number of anilines is 1. The van der Waals surface area contributed by atoms with Crippen molar-refractivity contribution in [2.24, 2.45) is 11.7 Å². The SMILES string of the molecule is Cc1ccc2sc(N3CCC(CN)CC3)nc2c1C. The number of piperidine rings is 1. The molecule has 0 spiro atoms. The summed E-state index contributed by atoms with van der Waals surface area (Å²) in [4.78, 5) is 7.28. The first-order valence-electron chi connectivity index (χ1n) is 7.01. The Labute approximate surface area is 118 Å². The van der Waals surface area contributed by atoms with Gasteiger partial charge in [-0.3, -0.25) is 0 Å². The highest BCUT2D eigenvalue weighted by atomic mass is 32.1. The molecule has 0 saturated carbocycles. The van der Waals surface area contributed by atoms with Gasteiger partial charge in [-0.25, -0.2) is 4.98 Å². The summed E-state index contributed by atoms with van der Waals surface area (Å²) in [5, 5.41) is 1.18. The van der Waals surface area contributed by atoms with E-state index in [9.17, 15) is 0 Å². The summed E-state index contributed by atoms with van der Waals surface area (Å²) in [5.41, 5.74) is 9.58. The fourth-order valence-corrected chi connectivity index (χ4v) is 3.79. The van der Waals surface area contributed by atoms with E-state index in [0.29, 0.717) is 5.92 Å². The van der Waals surface area contributed by atoms with Crippen LogP contribution in [-0.4, -0.2) is 24.6 Å². The van der Waals surface area contributed by atoms with Gasteiger partial charge in [0, 0.05) is 13.1 Å². The average molecular weight is 275 g/mol. The van der Waals surface area contributed by atoms with Gasteiger partial charge in [0.25, 0.3) is 0 Å². The molecule has 0 atom stereocenters. The molecule has 3 rings (SSSR count). The van der Waals surface area contributed by atoms with Crippen molar-refractivity contribution < 1.29 is 0 Å². The van der Waals surface area contributed by atoms with Crippen LogP contribution in [0.5, 0.6) is 0 Å². The quantitative estimate of drug-likeness (QED) is 0.916. The van der Waals surface area contributed by atoms with Crippen molar-refractivity contribution in [2.45, 2.75) is 26.7 Å². The van der Waals surface area contributed by atoms with Crippen molar-refractivity contribution in [1.29, 1.82) is 0 Å². The molecular formula is C15H21N3S. The predicted octanol–water partition coefficient (Wildman–Crippen LogP) is 3.09. The van der Waals surface area contributed by atoms with E-state index in [-0.39, 0.29) is 0 Å². The Hall–Kier alpha value is -1.13. The molecule has 0 bridgehead atoms. The maximum Gasteiger partial charge on any atom is 0.186 e. The number of fused-ring (bicyclic) bond motifs is 1. The molecule has 1 fully saturated rings. The highest BCUT2D eigenvalue weighted by molar-refractivity contribution is 7.22. The van der Waals surface area contributed by atoms with E-state index >= 15 is 0 Å². The molecule has 2 aromatic rings. The van der Waals surface area contributed by atoms with Crippen LogP contribution < -0.4 is 10.6 Å². The number of benzene rings is 1. The Balaban J connectivity index is 1.88. The van der Waals surface area contributed by atoms with Crippen LogP contribution in [0.1, 0.15) is 24.0 Å². The number of aryl methyl sites for hydroxylation is 2. The second-order valence-corrected chi connectivity index (χ2v) is 6.53. The molecule has 4 heteroatoms. The number of aromatic nitrogens is 1. The normalized spacial score (nSPS) is 17.3. The van der Waals surface area contributed by atoms with Crippen LogP contribution in [-0.2, 0) is 0 Å². The Kier molecular flexibility index (Phi) is 3.46. The third-order valence-electron chi connectivity index (χ3n) is 4.29. The van der Waals surface area contributed by atoms with Crippen LogP contribution in [0.3, 0.4) is 0 Å². The molecule has 3 nitrogen and oxygen atoms in total. The molecule has 19 heavy (non-hydrogen) atoms. The van der Waals surface area contributed by atoms with Crippen LogP contribution >= 0.6 is 11.3 Å². The maximum atomic E-state index is 5.75. The zero-order valence-electron chi connectivity index (χ0n) is 11.6. The van der Waals surface area contributed by atoms with Gasteiger partial charge in [0.2, 0.25) is 0 Å². The van der Waals surface area contributed by atoms with Crippen molar-refractivity contribution in [3.63, 3.8) is 0 Å². The van der Waals surface area contributed by atoms with Gasteiger partial charge in [0.1, 0.15) is 0 Å². The lowest BCUT2D eigenvalue weighted by atomic mass is 9.98. The van der Waals surface area contributed by atoms with E-state index in [1.807, 2.05) is 11.3 Å². The van der Waals surface area contributed by atoms with E-state index in [2.05, 4.69) is 30.9 Å². The molecule has 0 aliphatic carbocycles. The van der Waals surface area contributed by atoms with Gasteiger partial charge >= 0.3 is 0 Å². The Morgan fingerprint density at radius 3 is 2.74 bits per heavy atom. The minimum Gasteiger partial charge on any atom is -0.348 e. The van der Waals surface area contributed by atoms with Gasteiger partial charge in [0.15, 0.2) is 5.13 Å². The van der Waals surface area contributed by atoms with Gasteiger partial charge in [-0.15, -0.1) is 0 Å². The lowest BCUT2D eigenvalue weighted by Gasteiger charge is -2.30. The van der Waals surface area contributed by atoms with Crippen LogP contribution in [0.4, 0.5) is 5.13 Å². The first-order valence-corrected chi connectivity index (χ1v) is 7.82. The number of hydrogen-bond acceptors (Lipinski definition) is 4. The fourth-order valence-electron chi connectivity index (χ4n) is 2.71. The van der Waals surface area contributed by atoms with Gasteiger partial charge in [-0.1, -0.05) is 17.4 Å². The van der Waals surface area contributed by atoms with Crippen LogP contribution in [0.25, 0.3) is 10.2 Å². The van der Waals surface area contributed by atoms with Gasteiger partial charge in [0.05, 0.1) is 10.2 Å². The maximum absolute atomic E-state index is 5.75. The second kappa shape index (κ2) is 5.10. The van der Waals surface area contributed by atoms with Crippen molar-refractivity contribution in [3.8, 4) is 0 Å². The molecule has 1 aromatic carbocycles. The van der Waals surface area contributed by atoms with E-state index < -0.39 is 0 Å². The zero-order chi connectivity index (χ0) is 13.4. The fraction of sp³-hybridized carbons (Fsp3) is 0.533. The number of rotatable bonds is 2. The number of hydrogen-bond donors (Lipinski definition) is 1. The van der Waals surface area contributed by atoms with Crippen molar-refractivity contribution in [3.05, 3.63) is 23.3 Å². The van der Waals surface area contributed by atoms with E-state index in [1.54, 1.807) is 0 Å². The third-order valence-corrected chi connectivity index (χ3v) is 5.37. The molecule has 0 unspecified atom stereocenters. The van der Waals surface area contributed by atoms with Crippen molar-refractivity contribution in [1.82, 2.24) is 4.98 Å². The molecule has 2 heterocycles. The van der Waals surface area contributed by atoms with E-state index in [0.717, 1.165) is 19.6 Å². The van der Waals surface area contributed by atoms with Crippen LogP contribution in [0.2, 0.25) is 0 Å². The average Bonchev–Trinajstić information content (AvgIpc) is 2.88. The largest absolute Gasteiger partial charge is 0.348 e. The minimum absolute atomic E-state index is 0.703. The van der Waals surface area contributed by atoms with Gasteiger partial charge < -0.3 is 10.6 Å². The van der Waals surface area contributed by atoms with E-state index in [4.69, 9.17) is 10.7 Å². The Bertz CT molecular complexity index is 582. The molecule has 102 valence electrons. The van der Waals surface area contributed by atoms with Gasteiger partial charge in [-0.2, -0.15) is 0 Å². The molecule has 1 aromatic heterocycles. The number of nitrogens with zero attached hydrogens (tertiary/aromatic N) is 2. The summed E-state index contributed by atoms with van der Waals surface area (Å²) < 4.78 is 1.30. The molecule has 1 aliphatic rings. The topological polar surface area (TPSA) is 42.1 Å². The summed E-state index contributed by atoms with van der Waals surface area (Å²) in [6.07, 6.45) is 2.40. The highest BCUT2D eigenvalue weighted by Crippen LogP contribution is 2.33. The lowest BCUT2D eigenvalue weighted by Crippen LogP contribution is -2.35. The second-order valence-electron chi connectivity index (χ2n) is 5.52. The summed E-state index contributed by atoms with van der Waals surface area (Å²) in [6, 6.07) is 4.39. The molecule has 1 saturated heterocycles. The van der Waals surface area contributed by atoms with Crippen molar-refractivity contribution in [2.75, 3.05) is 24.5 Å². The monoisotopic (exact) mass is 275 g/mol. The molecule has 0 radical (unpaired) electrons. The smallest absolute Gasteiger partial charge is 0.186 e. The molecular weight excluding hydrogens is 254 g/mol. The standard InChI is InChI=1S/C15H21N3S/c1-10-3-4-13-14(11(10)2)17-15(19-13)18-7-5-12(9-16)6-8-18/h3-4,12H,5-9,16H2,1-2H3. The number of thiazole rings is 1. The predicted molar refractivity (Wildman–Crippen MR) is 83.1 cm³/mol. The summed E-state index contributed by atoms with van der Waals surface area (Å²) in [7, 11) is 0. The minimum atomic E-state index is 0.703. The highest BCUT2D eigenvalue weighted by Gasteiger charge is 2.21. The summed E-state index contributed by atoms with van der Waals surface area (Å²) >= 11 is 1.82. The summed E-state index contributed by atoms with van der Waals surface area (Å²) in [6.45, 7) is 7.34. The molecule has 1 aliphatic heterocycles. The Morgan fingerprint density at radius 1 is 1.32 bits per heavy atom. The van der Waals surface area contributed by atoms with Crippen molar-refractivity contribution >= 4 is 26.7 Å². The first-order chi connectivity index (χ1) is 9.19. The van der Waals surface area contributed by atoms with E-state index in [1.165, 1.54) is 39.3 Å². The van der Waals surface area contributed by atoms with Gasteiger partial charge in [-0.05, 0) is 56.3 Å². The molecule has 2 N–H and O–H groups in total. The Morgan fingerprint density at radius 2 is 2.05 bits per heavy atom. The van der Waals surface area contributed by atoms with Crippen LogP contribution in [0, 0.1) is 19.8 Å². The number of nitrogens with two attached hydrogens (primary N) is 1. The lowest BCUT2D eigenvalue weighted by molar-refractivity contribution is 0.414. The summed E-state index contributed by atoms with van der Waals surface area (Å²) in [5.74, 6) is 0.703. The first kappa shape index (κ1) is 12.9. The third kappa shape index (κ3) is 2.35. The molecule has 0 amide bonds. The zero-order valence-corrected chi connectivity index (χ0v) is 12.5. The van der Waals surface area contributed by atoms with Crippen LogP contribution in [0.15, 0.2) is 12.1 Å².